The first kappa shape index (κ1) is 13.3. The molecule has 3 nitrogen and oxygen atoms in total. The Kier molecular flexibility index (Phi) is 3.79. The molecule has 2 aromatic rings. The lowest BCUT2D eigenvalue weighted by Crippen LogP contribution is -2.24. The minimum Gasteiger partial charge on any atom is -0.312 e. The van der Waals surface area contributed by atoms with E-state index >= 15 is 0 Å². The van der Waals surface area contributed by atoms with Crippen molar-refractivity contribution in [1.82, 2.24) is 15.3 Å². The molecule has 3 heteroatoms. The maximum atomic E-state index is 4.63. The number of aryl methyl sites for hydroxylation is 2. The number of fused-ring (bicyclic) bond motifs is 1. The zero-order valence-corrected chi connectivity index (χ0v) is 12.1. The number of likely N-dealkylation sites (N-methyl/N-ethyl adjacent to an activating group) is 1. The molecule has 0 aliphatic heterocycles. The van der Waals surface area contributed by atoms with Gasteiger partial charge in [0.1, 0.15) is 0 Å². The highest BCUT2D eigenvalue weighted by Crippen LogP contribution is 2.40. The van der Waals surface area contributed by atoms with Gasteiger partial charge in [0, 0.05) is 36.2 Å². The van der Waals surface area contributed by atoms with Gasteiger partial charge in [-0.3, -0.25) is 9.97 Å². The molecule has 2 heterocycles. The Labute approximate surface area is 120 Å². The summed E-state index contributed by atoms with van der Waals surface area (Å²) in [4.78, 5) is 8.90. The van der Waals surface area contributed by atoms with E-state index in [1.165, 1.54) is 28.8 Å². The van der Waals surface area contributed by atoms with Gasteiger partial charge >= 0.3 is 0 Å². The standard InChI is InChI=1S/C17H21N3/c1-3-12-11-19-10-8-14(12)17(18-2)15-7-6-13-5-4-9-20-16(13)15/h4-5,8-11,15,17-18H,3,6-7H2,1-2H3. The van der Waals surface area contributed by atoms with Gasteiger partial charge in [0.2, 0.25) is 0 Å². The number of rotatable bonds is 4. The van der Waals surface area contributed by atoms with Crippen molar-refractivity contribution in [2.75, 3.05) is 7.05 Å². The molecule has 2 atom stereocenters. The van der Waals surface area contributed by atoms with E-state index in [0.717, 1.165) is 12.8 Å². The largest absolute Gasteiger partial charge is 0.312 e. The van der Waals surface area contributed by atoms with Crippen molar-refractivity contribution < 1.29 is 0 Å². The van der Waals surface area contributed by atoms with Gasteiger partial charge in [-0.2, -0.15) is 0 Å². The van der Waals surface area contributed by atoms with Gasteiger partial charge in [-0.15, -0.1) is 0 Å². The Morgan fingerprint density at radius 1 is 1.35 bits per heavy atom. The maximum Gasteiger partial charge on any atom is 0.0485 e. The number of hydrogen-bond acceptors (Lipinski definition) is 3. The molecule has 0 radical (unpaired) electrons. The van der Waals surface area contributed by atoms with Crippen LogP contribution in [-0.4, -0.2) is 17.0 Å². The van der Waals surface area contributed by atoms with Crippen molar-refractivity contribution in [1.29, 1.82) is 0 Å². The quantitative estimate of drug-likeness (QED) is 0.925. The summed E-state index contributed by atoms with van der Waals surface area (Å²) in [5.41, 5.74) is 5.38. The molecule has 104 valence electrons. The van der Waals surface area contributed by atoms with Crippen molar-refractivity contribution in [3.63, 3.8) is 0 Å². The Balaban J connectivity index is 1.99. The third kappa shape index (κ3) is 2.22. The molecule has 2 unspecified atom stereocenters. The summed E-state index contributed by atoms with van der Waals surface area (Å²) in [6, 6.07) is 6.73. The highest BCUT2D eigenvalue weighted by Gasteiger charge is 2.31. The summed E-state index contributed by atoms with van der Waals surface area (Å²) < 4.78 is 0. The van der Waals surface area contributed by atoms with Gasteiger partial charge in [-0.1, -0.05) is 13.0 Å². The van der Waals surface area contributed by atoms with Crippen LogP contribution >= 0.6 is 0 Å². The van der Waals surface area contributed by atoms with E-state index in [1.54, 1.807) is 0 Å². The van der Waals surface area contributed by atoms with Crippen LogP contribution in [-0.2, 0) is 12.8 Å². The molecular formula is C17H21N3. The van der Waals surface area contributed by atoms with Crippen LogP contribution in [0.15, 0.2) is 36.8 Å². The first-order chi connectivity index (χ1) is 9.85. The number of pyridine rings is 2. The Hall–Kier alpha value is -1.74. The summed E-state index contributed by atoms with van der Waals surface area (Å²) in [7, 11) is 2.05. The third-order valence-electron chi connectivity index (χ3n) is 4.37. The zero-order valence-electron chi connectivity index (χ0n) is 12.1. The van der Waals surface area contributed by atoms with Crippen molar-refractivity contribution in [3.8, 4) is 0 Å². The Bertz CT molecular complexity index is 594. The highest BCUT2D eigenvalue weighted by molar-refractivity contribution is 5.35. The molecule has 1 aliphatic carbocycles. The van der Waals surface area contributed by atoms with Crippen LogP contribution in [0.1, 0.15) is 47.7 Å². The first-order valence-corrected chi connectivity index (χ1v) is 7.39. The molecule has 0 aromatic carbocycles. The van der Waals surface area contributed by atoms with Crippen LogP contribution in [0.3, 0.4) is 0 Å². The minimum atomic E-state index is 0.323. The van der Waals surface area contributed by atoms with Crippen LogP contribution in [0.4, 0.5) is 0 Å². The van der Waals surface area contributed by atoms with Gasteiger partial charge in [0.15, 0.2) is 0 Å². The monoisotopic (exact) mass is 267 g/mol. The maximum absolute atomic E-state index is 4.63. The summed E-state index contributed by atoms with van der Waals surface area (Å²) in [5.74, 6) is 0.462. The molecule has 3 rings (SSSR count). The smallest absolute Gasteiger partial charge is 0.0485 e. The molecule has 0 bridgehead atoms. The predicted molar refractivity (Wildman–Crippen MR) is 80.7 cm³/mol. The summed E-state index contributed by atoms with van der Waals surface area (Å²) in [6.07, 6.45) is 9.13. The summed E-state index contributed by atoms with van der Waals surface area (Å²) in [6.45, 7) is 2.19. The van der Waals surface area contributed by atoms with Crippen molar-refractivity contribution in [2.24, 2.45) is 0 Å². The molecule has 0 saturated carbocycles. The van der Waals surface area contributed by atoms with Crippen molar-refractivity contribution >= 4 is 0 Å². The normalized spacial score (nSPS) is 18.8. The van der Waals surface area contributed by atoms with Crippen molar-refractivity contribution in [3.05, 3.63) is 59.2 Å². The number of nitrogens with one attached hydrogen (secondary N) is 1. The second kappa shape index (κ2) is 5.71. The van der Waals surface area contributed by atoms with E-state index in [4.69, 9.17) is 0 Å². The lowest BCUT2D eigenvalue weighted by molar-refractivity contribution is 0.467. The van der Waals surface area contributed by atoms with Crippen LogP contribution in [0, 0.1) is 0 Å². The molecule has 0 fully saturated rings. The molecule has 20 heavy (non-hydrogen) atoms. The number of aromatic nitrogens is 2. The molecule has 0 amide bonds. The predicted octanol–water partition coefficient (Wildman–Crippen LogP) is 3.03. The van der Waals surface area contributed by atoms with Gasteiger partial charge < -0.3 is 5.32 Å². The van der Waals surface area contributed by atoms with E-state index in [-0.39, 0.29) is 0 Å². The fourth-order valence-electron chi connectivity index (χ4n) is 3.38. The minimum absolute atomic E-state index is 0.323. The molecule has 0 saturated heterocycles. The van der Waals surface area contributed by atoms with Gasteiger partial charge in [-0.25, -0.2) is 0 Å². The van der Waals surface area contributed by atoms with E-state index in [0.29, 0.717) is 12.0 Å². The molecule has 1 N–H and O–H groups in total. The Morgan fingerprint density at radius 2 is 2.25 bits per heavy atom. The van der Waals surface area contributed by atoms with Crippen LogP contribution in [0.25, 0.3) is 0 Å². The molecular weight excluding hydrogens is 246 g/mol. The lowest BCUT2D eigenvalue weighted by Gasteiger charge is -2.25. The topological polar surface area (TPSA) is 37.8 Å². The van der Waals surface area contributed by atoms with Gasteiger partial charge in [0.05, 0.1) is 0 Å². The second-order valence-electron chi connectivity index (χ2n) is 5.39. The fraction of sp³-hybridized carbons (Fsp3) is 0.412. The van der Waals surface area contributed by atoms with E-state index < -0.39 is 0 Å². The van der Waals surface area contributed by atoms with Crippen molar-refractivity contribution in [2.45, 2.75) is 38.1 Å². The summed E-state index contributed by atoms with van der Waals surface area (Å²) >= 11 is 0. The first-order valence-electron chi connectivity index (χ1n) is 7.39. The number of hydrogen-bond donors (Lipinski definition) is 1. The average molecular weight is 267 g/mol. The molecule has 2 aromatic heterocycles. The lowest BCUT2D eigenvalue weighted by atomic mass is 9.88. The summed E-state index contributed by atoms with van der Waals surface area (Å²) in [5, 5.41) is 3.51. The second-order valence-corrected chi connectivity index (χ2v) is 5.39. The van der Waals surface area contributed by atoms with Gasteiger partial charge in [0.25, 0.3) is 0 Å². The number of nitrogens with zero attached hydrogens (tertiary/aromatic N) is 2. The van der Waals surface area contributed by atoms with Crippen LogP contribution < -0.4 is 5.32 Å². The molecule has 1 aliphatic rings. The van der Waals surface area contributed by atoms with Crippen LogP contribution in [0.2, 0.25) is 0 Å². The SMILES string of the molecule is CCc1cnccc1C(NC)C1CCc2cccnc21. The van der Waals surface area contributed by atoms with E-state index in [2.05, 4.69) is 34.3 Å². The van der Waals surface area contributed by atoms with E-state index in [1.807, 2.05) is 31.7 Å². The van der Waals surface area contributed by atoms with Gasteiger partial charge in [-0.05, 0) is 55.1 Å². The fourth-order valence-corrected chi connectivity index (χ4v) is 3.38. The Morgan fingerprint density at radius 3 is 3.05 bits per heavy atom. The van der Waals surface area contributed by atoms with Crippen LogP contribution in [0.5, 0.6) is 0 Å². The van der Waals surface area contributed by atoms with E-state index in [9.17, 15) is 0 Å². The third-order valence-corrected chi connectivity index (χ3v) is 4.37. The zero-order chi connectivity index (χ0) is 13.9. The highest BCUT2D eigenvalue weighted by atomic mass is 14.9. The average Bonchev–Trinajstić information content (AvgIpc) is 2.93. The molecule has 0 spiro atoms.